The van der Waals surface area contributed by atoms with E-state index in [1.54, 1.807) is 38.3 Å². The number of methoxy groups -OCH3 is 2. The Morgan fingerprint density at radius 2 is 2.04 bits per heavy atom. The minimum atomic E-state index is -0.191. The third-order valence-electron chi connectivity index (χ3n) is 4.30. The Morgan fingerprint density at radius 3 is 2.79 bits per heavy atom. The van der Waals surface area contributed by atoms with Gasteiger partial charge in [0.2, 0.25) is 0 Å². The number of fused-ring (bicyclic) bond motifs is 1. The van der Waals surface area contributed by atoms with Gasteiger partial charge in [-0.05, 0) is 42.0 Å². The van der Waals surface area contributed by atoms with Crippen molar-refractivity contribution in [3.63, 3.8) is 0 Å². The second-order valence-electron chi connectivity index (χ2n) is 6.18. The van der Waals surface area contributed by atoms with E-state index in [0.29, 0.717) is 23.6 Å². The van der Waals surface area contributed by atoms with Crippen LogP contribution in [-0.4, -0.2) is 46.2 Å². The largest absolute Gasteiger partial charge is 0.497 e. The number of amides is 2. The van der Waals surface area contributed by atoms with Gasteiger partial charge in [-0.2, -0.15) is 0 Å². The Bertz CT molecular complexity index is 926. The summed E-state index contributed by atoms with van der Waals surface area (Å²) in [4.78, 5) is 28.2. The van der Waals surface area contributed by atoms with Crippen molar-refractivity contribution in [3.05, 3.63) is 58.5 Å². The Morgan fingerprint density at radius 1 is 1.21 bits per heavy atom. The van der Waals surface area contributed by atoms with Crippen LogP contribution in [0.5, 0.6) is 5.75 Å². The molecule has 28 heavy (non-hydrogen) atoms. The van der Waals surface area contributed by atoms with Crippen LogP contribution in [-0.2, 0) is 9.53 Å². The van der Waals surface area contributed by atoms with Gasteiger partial charge in [0.05, 0.1) is 24.3 Å². The lowest BCUT2D eigenvalue weighted by Crippen LogP contribution is -2.31. The molecule has 0 unspecified atom stereocenters. The molecule has 2 aromatic carbocycles. The van der Waals surface area contributed by atoms with Crippen LogP contribution in [0.2, 0.25) is 0 Å². The standard InChI is InChI=1S/C21H22N2O4S/c1-23-17-13-15(20(24)22-9-10-26-2)7-8-18(17)28-19(21(23)25)12-14-5-4-6-16(11-14)27-3/h4-8,11-13H,9-10H2,1-3H3,(H,22,24)/b19-12-. The summed E-state index contributed by atoms with van der Waals surface area (Å²) in [5.74, 6) is 0.432. The summed E-state index contributed by atoms with van der Waals surface area (Å²) in [6.45, 7) is 0.882. The molecule has 6 nitrogen and oxygen atoms in total. The van der Waals surface area contributed by atoms with Crippen LogP contribution in [0, 0.1) is 0 Å². The zero-order valence-corrected chi connectivity index (χ0v) is 16.8. The quantitative estimate of drug-likeness (QED) is 0.598. The van der Waals surface area contributed by atoms with Crippen molar-refractivity contribution < 1.29 is 19.1 Å². The third kappa shape index (κ3) is 4.37. The summed E-state index contributed by atoms with van der Waals surface area (Å²) in [6.07, 6.45) is 1.85. The van der Waals surface area contributed by atoms with Crippen molar-refractivity contribution in [2.24, 2.45) is 0 Å². The van der Waals surface area contributed by atoms with E-state index in [-0.39, 0.29) is 11.8 Å². The second-order valence-corrected chi connectivity index (χ2v) is 7.27. The van der Waals surface area contributed by atoms with Crippen molar-refractivity contribution in [3.8, 4) is 5.75 Å². The number of rotatable bonds is 6. The summed E-state index contributed by atoms with van der Waals surface area (Å²) in [7, 11) is 4.91. The van der Waals surface area contributed by atoms with Crippen LogP contribution in [0.1, 0.15) is 15.9 Å². The van der Waals surface area contributed by atoms with Gasteiger partial charge < -0.3 is 19.7 Å². The Balaban J connectivity index is 1.85. The first-order chi connectivity index (χ1) is 13.5. The molecule has 0 radical (unpaired) electrons. The number of carbonyl (C=O) groups is 2. The number of benzene rings is 2. The maximum atomic E-state index is 12.8. The van der Waals surface area contributed by atoms with Crippen LogP contribution < -0.4 is 15.0 Å². The Hall–Kier alpha value is -2.77. The van der Waals surface area contributed by atoms with Gasteiger partial charge in [-0.3, -0.25) is 9.59 Å². The molecule has 146 valence electrons. The molecule has 2 aromatic rings. The Kier molecular flexibility index (Phi) is 6.38. The van der Waals surface area contributed by atoms with E-state index < -0.39 is 0 Å². The fourth-order valence-corrected chi connectivity index (χ4v) is 3.88. The van der Waals surface area contributed by atoms with Crippen LogP contribution in [0.4, 0.5) is 5.69 Å². The van der Waals surface area contributed by atoms with Gasteiger partial charge in [0.1, 0.15) is 5.75 Å². The zero-order chi connectivity index (χ0) is 20.1. The molecule has 0 atom stereocenters. The highest BCUT2D eigenvalue weighted by Crippen LogP contribution is 2.42. The summed E-state index contributed by atoms with van der Waals surface area (Å²) < 4.78 is 10.2. The van der Waals surface area contributed by atoms with Crippen LogP contribution in [0.3, 0.4) is 0 Å². The number of likely N-dealkylation sites (N-methyl/N-ethyl adjacent to an activating group) is 1. The molecule has 0 aromatic heterocycles. The maximum absolute atomic E-state index is 12.8. The number of hydrogen-bond acceptors (Lipinski definition) is 5. The molecule has 0 bridgehead atoms. The van der Waals surface area contributed by atoms with Gasteiger partial charge >= 0.3 is 0 Å². The van der Waals surface area contributed by atoms with Crippen molar-refractivity contribution in [1.82, 2.24) is 5.32 Å². The van der Waals surface area contributed by atoms with E-state index in [9.17, 15) is 9.59 Å². The maximum Gasteiger partial charge on any atom is 0.264 e. The summed E-state index contributed by atoms with van der Waals surface area (Å²) in [5, 5.41) is 2.79. The molecule has 0 fully saturated rings. The summed E-state index contributed by atoms with van der Waals surface area (Å²) in [6, 6.07) is 12.9. The first kappa shape index (κ1) is 20.0. The lowest BCUT2D eigenvalue weighted by Gasteiger charge is -2.27. The van der Waals surface area contributed by atoms with E-state index in [0.717, 1.165) is 21.9 Å². The van der Waals surface area contributed by atoms with E-state index in [2.05, 4.69) is 5.32 Å². The zero-order valence-electron chi connectivity index (χ0n) is 16.0. The SMILES string of the molecule is COCCNC(=O)c1ccc2c(c1)N(C)C(=O)/C(=C/c1cccc(OC)c1)S2. The molecular formula is C21H22N2O4S. The lowest BCUT2D eigenvalue weighted by atomic mass is 10.1. The van der Waals surface area contributed by atoms with Gasteiger partial charge in [-0.25, -0.2) is 0 Å². The average molecular weight is 398 g/mol. The molecule has 0 aliphatic carbocycles. The molecule has 3 rings (SSSR count). The van der Waals surface area contributed by atoms with Crippen LogP contribution >= 0.6 is 11.8 Å². The number of nitrogens with one attached hydrogen (secondary N) is 1. The van der Waals surface area contributed by atoms with E-state index >= 15 is 0 Å². The highest BCUT2D eigenvalue weighted by molar-refractivity contribution is 8.04. The average Bonchev–Trinajstić information content (AvgIpc) is 2.72. The normalized spacial score (nSPS) is 14.8. The van der Waals surface area contributed by atoms with E-state index in [4.69, 9.17) is 9.47 Å². The van der Waals surface area contributed by atoms with Gasteiger partial charge in [0.15, 0.2) is 0 Å². The predicted octanol–water partition coefficient (Wildman–Crippen LogP) is 3.18. The van der Waals surface area contributed by atoms with Crippen molar-refractivity contribution >= 4 is 35.3 Å². The lowest BCUT2D eigenvalue weighted by molar-refractivity contribution is -0.114. The van der Waals surface area contributed by atoms with Crippen LogP contribution in [0.15, 0.2) is 52.3 Å². The molecule has 1 N–H and O–H groups in total. The molecule has 0 spiro atoms. The van der Waals surface area contributed by atoms with Gasteiger partial charge in [0, 0.05) is 31.2 Å². The number of thioether (sulfide) groups is 1. The first-order valence-corrected chi connectivity index (χ1v) is 9.58. The fourth-order valence-electron chi connectivity index (χ4n) is 2.79. The smallest absolute Gasteiger partial charge is 0.264 e. The second kappa shape index (κ2) is 8.95. The number of anilines is 1. The summed E-state index contributed by atoms with van der Waals surface area (Å²) >= 11 is 1.40. The van der Waals surface area contributed by atoms with Crippen molar-refractivity contribution in [2.45, 2.75) is 4.90 Å². The molecule has 2 amide bonds. The molecule has 1 heterocycles. The monoisotopic (exact) mass is 398 g/mol. The van der Waals surface area contributed by atoms with Gasteiger partial charge in [-0.1, -0.05) is 23.9 Å². The van der Waals surface area contributed by atoms with Crippen molar-refractivity contribution in [2.75, 3.05) is 39.3 Å². The molecule has 7 heteroatoms. The molecular weight excluding hydrogens is 376 g/mol. The van der Waals surface area contributed by atoms with Gasteiger partial charge in [-0.15, -0.1) is 0 Å². The van der Waals surface area contributed by atoms with Crippen molar-refractivity contribution in [1.29, 1.82) is 0 Å². The minimum Gasteiger partial charge on any atom is -0.497 e. The third-order valence-corrected chi connectivity index (χ3v) is 5.38. The molecule has 1 aliphatic heterocycles. The summed E-state index contributed by atoms with van der Waals surface area (Å²) in [5.41, 5.74) is 2.12. The number of hydrogen-bond donors (Lipinski definition) is 1. The van der Waals surface area contributed by atoms with Crippen LogP contribution in [0.25, 0.3) is 6.08 Å². The topological polar surface area (TPSA) is 67.9 Å². The predicted molar refractivity (Wildman–Crippen MR) is 111 cm³/mol. The molecule has 1 aliphatic rings. The molecule has 0 saturated carbocycles. The minimum absolute atomic E-state index is 0.114. The number of nitrogens with zero attached hydrogens (tertiary/aromatic N) is 1. The fraction of sp³-hybridized carbons (Fsp3) is 0.238. The number of ether oxygens (including phenoxy) is 2. The highest BCUT2D eigenvalue weighted by Gasteiger charge is 2.27. The van der Waals surface area contributed by atoms with E-state index in [1.807, 2.05) is 36.4 Å². The Labute approximate surface area is 168 Å². The first-order valence-electron chi connectivity index (χ1n) is 8.76. The van der Waals surface area contributed by atoms with E-state index in [1.165, 1.54) is 11.8 Å². The highest BCUT2D eigenvalue weighted by atomic mass is 32.2. The molecule has 0 saturated heterocycles. The van der Waals surface area contributed by atoms with Gasteiger partial charge in [0.25, 0.3) is 11.8 Å². The number of carbonyl (C=O) groups excluding carboxylic acids is 2.